The molecule has 0 aliphatic carbocycles. The minimum atomic E-state index is -0.0641. The quantitative estimate of drug-likeness (QED) is 0.301. The third-order valence-corrected chi connectivity index (χ3v) is 6.66. The number of para-hydroxylation sites is 1. The van der Waals surface area contributed by atoms with Crippen LogP contribution in [0, 0.1) is 6.92 Å². The maximum absolute atomic E-state index is 12.7. The molecule has 3 aromatic carbocycles. The monoisotopic (exact) mass is 467 g/mol. The van der Waals surface area contributed by atoms with Crippen molar-refractivity contribution in [1.29, 1.82) is 0 Å². The van der Waals surface area contributed by atoms with Gasteiger partial charge in [0.1, 0.15) is 0 Å². The van der Waals surface area contributed by atoms with Crippen molar-refractivity contribution in [3.05, 3.63) is 96.2 Å². The Morgan fingerprint density at radius 1 is 1.03 bits per heavy atom. The summed E-state index contributed by atoms with van der Waals surface area (Å²) in [5, 5.41) is 13.8. The van der Waals surface area contributed by atoms with Gasteiger partial charge in [-0.3, -0.25) is 9.36 Å². The van der Waals surface area contributed by atoms with Gasteiger partial charge in [-0.25, -0.2) is 0 Å². The molecule has 0 saturated heterocycles. The van der Waals surface area contributed by atoms with Gasteiger partial charge in [-0.1, -0.05) is 72.4 Å². The summed E-state index contributed by atoms with van der Waals surface area (Å²) in [5.74, 6) is 0.937. The average Bonchev–Trinajstić information content (AvgIpc) is 3.47. The Hall–Kier alpha value is -3.84. The predicted octanol–water partition coefficient (Wildman–Crippen LogP) is 5.69. The van der Waals surface area contributed by atoms with Crippen LogP contribution in [0.15, 0.2) is 90.2 Å². The molecule has 5 aromatic rings. The number of aryl methyl sites for hydroxylation is 1. The molecule has 0 aliphatic heterocycles. The lowest BCUT2D eigenvalue weighted by molar-refractivity contribution is -0.119. The highest BCUT2D eigenvalue weighted by Gasteiger charge is 2.20. The largest absolute Gasteiger partial charge is 0.360 e. The SMILES string of the molecule is Cc1cccc(-n2c(SCC(=O)N[C@@H](C)c3ccccc3)nnc2-c2c[nH]c3ccccc23)c1. The zero-order valence-electron chi connectivity index (χ0n) is 19.0. The summed E-state index contributed by atoms with van der Waals surface area (Å²) < 4.78 is 2.03. The van der Waals surface area contributed by atoms with Crippen LogP contribution in [0.4, 0.5) is 0 Å². The first-order chi connectivity index (χ1) is 16.6. The third-order valence-electron chi connectivity index (χ3n) is 5.73. The van der Waals surface area contributed by atoms with Crippen LogP contribution in [0.25, 0.3) is 28.0 Å². The van der Waals surface area contributed by atoms with Crippen LogP contribution in [-0.4, -0.2) is 31.4 Å². The molecule has 0 spiro atoms. The molecular weight excluding hydrogens is 442 g/mol. The number of rotatable bonds is 7. The Labute approximate surface area is 202 Å². The van der Waals surface area contributed by atoms with Crippen molar-refractivity contribution in [2.45, 2.75) is 25.0 Å². The number of hydrogen-bond acceptors (Lipinski definition) is 4. The van der Waals surface area contributed by atoms with E-state index in [2.05, 4.69) is 45.6 Å². The van der Waals surface area contributed by atoms with Crippen molar-refractivity contribution in [3.8, 4) is 17.1 Å². The van der Waals surface area contributed by atoms with Gasteiger partial charge < -0.3 is 10.3 Å². The standard InChI is InChI=1S/C27H25N5OS/c1-18-9-8-12-21(15-18)32-26(23-16-28-24-14-7-6-13-22(23)24)30-31-27(32)34-17-25(33)29-19(2)20-10-4-3-5-11-20/h3-16,19,28H,17H2,1-2H3,(H,29,33)/t19-/m0/s1. The van der Waals surface area contributed by atoms with Crippen LogP contribution in [0.5, 0.6) is 0 Å². The molecule has 2 aromatic heterocycles. The Morgan fingerprint density at radius 3 is 2.65 bits per heavy atom. The number of benzene rings is 3. The minimum Gasteiger partial charge on any atom is -0.360 e. The molecule has 0 aliphatic rings. The number of aromatic nitrogens is 4. The Kier molecular flexibility index (Phi) is 6.18. The van der Waals surface area contributed by atoms with Gasteiger partial charge in [-0.2, -0.15) is 0 Å². The van der Waals surface area contributed by atoms with Gasteiger partial charge in [-0.15, -0.1) is 10.2 Å². The number of nitrogens with one attached hydrogen (secondary N) is 2. The molecule has 34 heavy (non-hydrogen) atoms. The second-order valence-corrected chi connectivity index (χ2v) is 9.16. The normalized spacial score (nSPS) is 12.1. The topological polar surface area (TPSA) is 75.6 Å². The number of carbonyl (C=O) groups excluding carboxylic acids is 1. The fourth-order valence-electron chi connectivity index (χ4n) is 4.03. The first kappa shape index (κ1) is 22.0. The van der Waals surface area contributed by atoms with E-state index in [4.69, 9.17) is 0 Å². The number of thioether (sulfide) groups is 1. The molecule has 1 amide bonds. The van der Waals surface area contributed by atoms with Crippen LogP contribution in [-0.2, 0) is 4.79 Å². The zero-order valence-corrected chi connectivity index (χ0v) is 19.8. The van der Waals surface area contributed by atoms with E-state index < -0.39 is 0 Å². The van der Waals surface area contributed by atoms with Gasteiger partial charge >= 0.3 is 0 Å². The Morgan fingerprint density at radius 2 is 1.82 bits per heavy atom. The van der Waals surface area contributed by atoms with Crippen LogP contribution in [0.1, 0.15) is 24.1 Å². The number of fused-ring (bicyclic) bond motifs is 1. The second-order valence-electron chi connectivity index (χ2n) is 8.22. The molecule has 2 heterocycles. The van der Waals surface area contributed by atoms with E-state index in [1.807, 2.05) is 78.4 Å². The fourth-order valence-corrected chi connectivity index (χ4v) is 4.80. The number of hydrogen-bond donors (Lipinski definition) is 2. The van der Waals surface area contributed by atoms with Gasteiger partial charge in [-0.05, 0) is 43.2 Å². The van der Waals surface area contributed by atoms with Crippen molar-refractivity contribution in [2.24, 2.45) is 0 Å². The summed E-state index contributed by atoms with van der Waals surface area (Å²) >= 11 is 1.38. The van der Waals surface area contributed by atoms with E-state index >= 15 is 0 Å². The lowest BCUT2D eigenvalue weighted by Gasteiger charge is -2.14. The number of carbonyl (C=O) groups is 1. The molecule has 0 saturated carbocycles. The van der Waals surface area contributed by atoms with E-state index in [1.54, 1.807) is 0 Å². The summed E-state index contributed by atoms with van der Waals surface area (Å²) in [6, 6.07) is 26.2. The van der Waals surface area contributed by atoms with E-state index in [1.165, 1.54) is 11.8 Å². The molecule has 7 heteroatoms. The van der Waals surface area contributed by atoms with Gasteiger partial charge in [0.15, 0.2) is 11.0 Å². The van der Waals surface area contributed by atoms with Crippen molar-refractivity contribution in [3.63, 3.8) is 0 Å². The molecule has 170 valence electrons. The average molecular weight is 468 g/mol. The molecule has 6 nitrogen and oxygen atoms in total. The number of nitrogens with zero attached hydrogens (tertiary/aromatic N) is 3. The van der Waals surface area contributed by atoms with E-state index in [-0.39, 0.29) is 17.7 Å². The molecule has 0 fully saturated rings. The molecular formula is C27H25N5OS. The minimum absolute atomic E-state index is 0.0474. The highest BCUT2D eigenvalue weighted by molar-refractivity contribution is 7.99. The van der Waals surface area contributed by atoms with Crippen LogP contribution in [0.3, 0.4) is 0 Å². The van der Waals surface area contributed by atoms with Crippen LogP contribution >= 0.6 is 11.8 Å². The predicted molar refractivity (Wildman–Crippen MR) is 137 cm³/mol. The zero-order chi connectivity index (χ0) is 23.5. The van der Waals surface area contributed by atoms with Gasteiger partial charge in [0.05, 0.1) is 11.8 Å². The summed E-state index contributed by atoms with van der Waals surface area (Å²) in [6.07, 6.45) is 1.96. The van der Waals surface area contributed by atoms with Crippen LogP contribution < -0.4 is 5.32 Å². The smallest absolute Gasteiger partial charge is 0.230 e. The van der Waals surface area contributed by atoms with E-state index in [0.717, 1.165) is 39.1 Å². The van der Waals surface area contributed by atoms with Crippen molar-refractivity contribution in [1.82, 2.24) is 25.1 Å². The second kappa shape index (κ2) is 9.57. The molecule has 0 bridgehead atoms. The molecule has 0 unspecified atom stereocenters. The van der Waals surface area contributed by atoms with Crippen molar-refractivity contribution < 1.29 is 4.79 Å². The van der Waals surface area contributed by atoms with Gasteiger partial charge in [0.25, 0.3) is 0 Å². The molecule has 2 N–H and O–H groups in total. The lowest BCUT2D eigenvalue weighted by Crippen LogP contribution is -2.28. The first-order valence-electron chi connectivity index (χ1n) is 11.2. The van der Waals surface area contributed by atoms with Gasteiger partial charge in [0, 0.05) is 28.4 Å². The van der Waals surface area contributed by atoms with Gasteiger partial charge in [0.2, 0.25) is 5.91 Å². The Bertz CT molecular complexity index is 1440. The van der Waals surface area contributed by atoms with Crippen molar-refractivity contribution in [2.75, 3.05) is 5.75 Å². The van der Waals surface area contributed by atoms with Crippen molar-refractivity contribution >= 4 is 28.6 Å². The molecule has 0 radical (unpaired) electrons. The Balaban J connectivity index is 1.44. The maximum atomic E-state index is 12.7. The first-order valence-corrected chi connectivity index (χ1v) is 12.1. The summed E-state index contributed by atoms with van der Waals surface area (Å²) in [7, 11) is 0. The fraction of sp³-hybridized carbons (Fsp3) is 0.148. The van der Waals surface area contributed by atoms with Crippen LogP contribution in [0.2, 0.25) is 0 Å². The third kappa shape index (κ3) is 4.47. The van der Waals surface area contributed by atoms with E-state index in [9.17, 15) is 4.79 Å². The van der Waals surface area contributed by atoms with E-state index in [0.29, 0.717) is 5.16 Å². The molecule has 5 rings (SSSR count). The number of aromatic amines is 1. The number of amides is 1. The highest BCUT2D eigenvalue weighted by atomic mass is 32.2. The maximum Gasteiger partial charge on any atom is 0.230 e. The summed E-state index contributed by atoms with van der Waals surface area (Å²) in [6.45, 7) is 4.05. The lowest BCUT2D eigenvalue weighted by atomic mass is 10.1. The highest BCUT2D eigenvalue weighted by Crippen LogP contribution is 2.32. The molecule has 1 atom stereocenters. The summed E-state index contributed by atoms with van der Waals surface area (Å²) in [4.78, 5) is 16.0. The summed E-state index contributed by atoms with van der Waals surface area (Å²) in [5.41, 5.74) is 5.19. The number of H-pyrrole nitrogens is 1.